The third kappa shape index (κ3) is 2.09. The second-order valence-corrected chi connectivity index (χ2v) is 5.25. The van der Waals surface area contributed by atoms with Gasteiger partial charge in [-0.1, -0.05) is 6.92 Å². The van der Waals surface area contributed by atoms with Gasteiger partial charge in [-0.3, -0.25) is 10.1 Å². The predicted octanol–water partition coefficient (Wildman–Crippen LogP) is 1.32. The van der Waals surface area contributed by atoms with Crippen molar-refractivity contribution in [3.8, 4) is 0 Å². The first-order chi connectivity index (χ1) is 3.81. The van der Waals surface area contributed by atoms with Gasteiger partial charge in [0, 0.05) is 0 Å². The molecule has 0 fully saturated rings. The highest BCUT2D eigenvalue weighted by molar-refractivity contribution is 7.57. The Morgan fingerprint density at radius 3 is 2.00 bits per heavy atom. The summed E-state index contributed by atoms with van der Waals surface area (Å²) in [5.41, 5.74) is 5.03. The molecule has 0 aliphatic heterocycles. The number of rotatable bonds is 2. The van der Waals surface area contributed by atoms with Gasteiger partial charge in [0.05, 0.1) is 5.16 Å². The van der Waals surface area contributed by atoms with Crippen LogP contribution in [0.4, 0.5) is 0 Å². The maximum absolute atomic E-state index is 10.8. The minimum Gasteiger partial charge on any atom is -0.333 e. The van der Waals surface area contributed by atoms with Crippen LogP contribution in [0.3, 0.4) is 0 Å². The van der Waals surface area contributed by atoms with Crippen molar-refractivity contribution in [3.63, 3.8) is 0 Å². The molecule has 0 rings (SSSR count). The van der Waals surface area contributed by atoms with Gasteiger partial charge in [0.15, 0.2) is 0 Å². The van der Waals surface area contributed by atoms with Crippen LogP contribution in [0.1, 0.15) is 27.2 Å². The molecule has 56 valence electrons. The molecule has 0 amide bonds. The van der Waals surface area contributed by atoms with E-state index < -0.39 is 12.7 Å². The van der Waals surface area contributed by atoms with Crippen LogP contribution in [0.5, 0.6) is 0 Å². The molecule has 0 aromatic rings. The lowest BCUT2D eigenvalue weighted by Crippen LogP contribution is -2.22. The second-order valence-electron chi connectivity index (χ2n) is 2.79. The summed E-state index contributed by atoms with van der Waals surface area (Å²) in [6, 6.07) is 0. The quantitative estimate of drug-likeness (QED) is 0.585. The summed E-state index contributed by atoms with van der Waals surface area (Å²) in [6.07, 6.45) is 0.622. The molecule has 0 aromatic heterocycles. The van der Waals surface area contributed by atoms with Gasteiger partial charge in [-0.2, -0.15) is 0 Å². The third-order valence-corrected chi connectivity index (χ3v) is 3.78. The Bertz CT molecular complexity index is 138. The molecule has 3 nitrogen and oxygen atoms in total. The molecule has 0 aliphatic carbocycles. The summed E-state index contributed by atoms with van der Waals surface area (Å²) in [5, 5.41) is -0.632. The van der Waals surface area contributed by atoms with Gasteiger partial charge >= 0.3 is 0 Å². The topological polar surface area (TPSA) is 63.3 Å². The van der Waals surface area contributed by atoms with Crippen molar-refractivity contribution in [1.29, 1.82) is 0 Å². The second kappa shape index (κ2) is 2.41. The average Bonchev–Trinajstić information content (AvgIpc) is 1.64. The normalized spacial score (nSPS) is 19.2. The Balaban J connectivity index is 4.34. The van der Waals surface area contributed by atoms with E-state index in [0.29, 0.717) is 6.42 Å². The molecule has 0 spiro atoms. The van der Waals surface area contributed by atoms with Gasteiger partial charge in [-0.25, -0.2) is 0 Å². The lowest BCUT2D eigenvalue weighted by atomic mass is 10.1. The van der Waals surface area contributed by atoms with Gasteiger partial charge in [0.25, 0.3) is 7.52 Å². The van der Waals surface area contributed by atoms with Crippen LogP contribution in [-0.4, -0.2) is 10.0 Å². The van der Waals surface area contributed by atoms with E-state index in [1.807, 2.05) is 6.92 Å². The highest BCUT2D eigenvalue weighted by atomic mass is 31.2. The number of hydrogen-bond acceptors (Lipinski definition) is 1. The van der Waals surface area contributed by atoms with E-state index in [1.54, 1.807) is 13.8 Å². The number of hydrogen-bond donors (Lipinski definition) is 2. The fraction of sp³-hybridized carbons (Fsp3) is 1.00. The van der Waals surface area contributed by atoms with Crippen molar-refractivity contribution in [1.82, 2.24) is 0 Å². The molecule has 3 N–H and O–H groups in total. The highest BCUT2D eigenvalue weighted by Gasteiger charge is 2.33. The van der Waals surface area contributed by atoms with Crippen molar-refractivity contribution >= 4 is 7.52 Å². The smallest absolute Gasteiger partial charge is 0.270 e. The molecule has 0 saturated carbocycles. The Hall–Kier alpha value is 0.150. The van der Waals surface area contributed by atoms with Crippen LogP contribution in [0, 0.1) is 0 Å². The molecule has 0 heterocycles. The maximum atomic E-state index is 10.8. The fourth-order valence-corrected chi connectivity index (χ4v) is 0.680. The first kappa shape index (κ1) is 9.15. The summed E-state index contributed by atoms with van der Waals surface area (Å²) in [5.74, 6) is 0. The molecular weight excluding hydrogens is 137 g/mol. The zero-order chi connectivity index (χ0) is 7.71. The highest BCUT2D eigenvalue weighted by Crippen LogP contribution is 2.48. The zero-order valence-electron chi connectivity index (χ0n) is 6.09. The van der Waals surface area contributed by atoms with E-state index in [0.717, 1.165) is 0 Å². The Morgan fingerprint density at radius 2 is 2.00 bits per heavy atom. The van der Waals surface area contributed by atoms with Crippen molar-refractivity contribution in [2.45, 2.75) is 32.3 Å². The van der Waals surface area contributed by atoms with Crippen LogP contribution in [0.25, 0.3) is 0 Å². The van der Waals surface area contributed by atoms with Gasteiger partial charge in [-0.15, -0.1) is 0 Å². The molecular formula is C5H14NO2P. The lowest BCUT2D eigenvalue weighted by Gasteiger charge is -2.24. The molecule has 0 saturated heterocycles. The summed E-state index contributed by atoms with van der Waals surface area (Å²) in [6.45, 7) is 5.22. The predicted molar refractivity (Wildman–Crippen MR) is 38.4 cm³/mol. The van der Waals surface area contributed by atoms with Crippen LogP contribution >= 0.6 is 7.52 Å². The molecule has 1 unspecified atom stereocenters. The summed E-state index contributed by atoms with van der Waals surface area (Å²) < 4.78 is 10.8. The minimum atomic E-state index is -3.37. The zero-order valence-corrected chi connectivity index (χ0v) is 6.98. The third-order valence-electron chi connectivity index (χ3n) is 1.73. The maximum Gasteiger partial charge on any atom is 0.270 e. The van der Waals surface area contributed by atoms with E-state index in [2.05, 4.69) is 0 Å². The monoisotopic (exact) mass is 151 g/mol. The van der Waals surface area contributed by atoms with E-state index in [4.69, 9.17) is 10.4 Å². The SMILES string of the molecule is CCC(C)(C)P(N)(=O)O. The van der Waals surface area contributed by atoms with Crippen molar-refractivity contribution < 1.29 is 9.46 Å². The Morgan fingerprint density at radius 1 is 1.67 bits per heavy atom. The standard InChI is InChI=1S/C5H14NO2P/c1-4-5(2,3)9(6,7)8/h4H2,1-3H3,(H3,6,7,8). The van der Waals surface area contributed by atoms with Crippen LogP contribution in [-0.2, 0) is 4.57 Å². The first-order valence-electron chi connectivity index (χ1n) is 2.93. The van der Waals surface area contributed by atoms with Gasteiger partial charge in [-0.05, 0) is 20.3 Å². The summed E-state index contributed by atoms with van der Waals surface area (Å²) in [7, 11) is -3.37. The largest absolute Gasteiger partial charge is 0.333 e. The van der Waals surface area contributed by atoms with E-state index >= 15 is 0 Å². The van der Waals surface area contributed by atoms with Gasteiger partial charge in [0.2, 0.25) is 0 Å². The molecule has 0 bridgehead atoms. The molecule has 4 heteroatoms. The van der Waals surface area contributed by atoms with E-state index in [1.165, 1.54) is 0 Å². The summed E-state index contributed by atoms with van der Waals surface area (Å²) >= 11 is 0. The van der Waals surface area contributed by atoms with Gasteiger partial charge < -0.3 is 4.89 Å². The molecule has 0 aliphatic rings. The van der Waals surface area contributed by atoms with Crippen molar-refractivity contribution in [3.05, 3.63) is 0 Å². The van der Waals surface area contributed by atoms with E-state index in [9.17, 15) is 4.57 Å². The Kier molecular flexibility index (Phi) is 2.45. The summed E-state index contributed by atoms with van der Waals surface area (Å²) in [4.78, 5) is 8.88. The van der Waals surface area contributed by atoms with Crippen molar-refractivity contribution in [2.24, 2.45) is 5.50 Å². The number of nitrogens with two attached hydrogens (primary N) is 1. The Labute approximate surface area is 55.8 Å². The van der Waals surface area contributed by atoms with Crippen LogP contribution in [0.15, 0.2) is 0 Å². The average molecular weight is 151 g/mol. The molecule has 0 aromatic carbocycles. The lowest BCUT2D eigenvalue weighted by molar-refractivity contribution is 0.433. The van der Waals surface area contributed by atoms with Gasteiger partial charge in [0.1, 0.15) is 0 Å². The molecule has 9 heavy (non-hydrogen) atoms. The fourth-order valence-electron chi connectivity index (χ4n) is 0.227. The van der Waals surface area contributed by atoms with E-state index in [-0.39, 0.29) is 0 Å². The van der Waals surface area contributed by atoms with Crippen molar-refractivity contribution in [2.75, 3.05) is 0 Å². The first-order valence-corrected chi connectivity index (χ1v) is 4.65. The van der Waals surface area contributed by atoms with Crippen LogP contribution < -0.4 is 5.50 Å². The van der Waals surface area contributed by atoms with Crippen LogP contribution in [0.2, 0.25) is 0 Å². The molecule has 0 radical (unpaired) electrons. The molecule has 1 atom stereocenters. The minimum absolute atomic E-state index is 0.622.